The molecule has 0 saturated heterocycles. The molecule has 0 atom stereocenters. The Balaban J connectivity index is -0.000000245. The topological polar surface area (TPSA) is 91.9 Å². The van der Waals surface area contributed by atoms with Gasteiger partial charge in [0.25, 0.3) is 0 Å². The van der Waals surface area contributed by atoms with Gasteiger partial charge in [-0.25, -0.2) is 0 Å². The molecule has 0 saturated carbocycles. The number of thiol groups is 1. The summed E-state index contributed by atoms with van der Waals surface area (Å²) in [6.07, 6.45) is 0.0866. The van der Waals surface area contributed by atoms with Crippen LogP contribution in [0.5, 0.6) is 0 Å². The largest absolute Gasteiger partial charge is 0.412 e. The van der Waals surface area contributed by atoms with E-state index in [2.05, 4.69) is 4.18 Å². The maximum atomic E-state index is 10.0. The fraction of sp³-hybridized carbons (Fsp3) is 0.667. The maximum Gasteiger partial charge on any atom is 0.321 e. The van der Waals surface area contributed by atoms with Crippen molar-refractivity contribution in [3.63, 3.8) is 0 Å². The predicted octanol–water partition coefficient (Wildman–Crippen LogP) is -1.36. The van der Waals surface area contributed by atoms with Gasteiger partial charge in [-0.1, -0.05) is 6.92 Å². The Labute approximate surface area is 70.1 Å². The molecule has 0 aliphatic rings. The Hall–Kier alpha value is -0.126. The summed E-state index contributed by atoms with van der Waals surface area (Å²) < 4.78 is 22.8. The van der Waals surface area contributed by atoms with Crippen LogP contribution in [-0.4, -0.2) is 19.9 Å². The van der Waals surface area contributed by atoms with Crippen LogP contribution in [0.2, 0.25) is 0 Å². The van der Waals surface area contributed by atoms with Gasteiger partial charge in [-0.15, -0.1) is 0 Å². The second-order valence-corrected chi connectivity index (χ2v) is 1.67. The fourth-order valence-electron chi connectivity index (χ4n) is 0.148. The molecule has 0 rings (SSSR count). The van der Waals surface area contributed by atoms with Crippen LogP contribution in [0.25, 0.3) is 0 Å². The third-order valence-corrected chi connectivity index (χ3v) is 0.818. The van der Waals surface area contributed by atoms with Gasteiger partial charge in [0.1, 0.15) is 0 Å². The van der Waals surface area contributed by atoms with E-state index in [9.17, 15) is 13.2 Å². The van der Waals surface area contributed by atoms with Crippen molar-refractivity contribution in [3.8, 4) is 0 Å². The van der Waals surface area contributed by atoms with Crippen LogP contribution in [0.15, 0.2) is 0 Å². The second kappa shape index (κ2) is 8.87. The first-order chi connectivity index (χ1) is 3.66. The molecule has 0 aromatic heterocycles. The van der Waals surface area contributed by atoms with Crippen molar-refractivity contribution in [1.29, 1.82) is 0 Å². The van der Waals surface area contributed by atoms with Crippen LogP contribution < -0.4 is 0 Å². The first-order valence-electron chi connectivity index (χ1n) is 2.02. The van der Waals surface area contributed by atoms with E-state index in [1.165, 1.54) is 6.92 Å². The molecule has 0 amide bonds. The zero-order valence-electron chi connectivity index (χ0n) is 5.10. The summed E-state index contributed by atoms with van der Waals surface area (Å²) >= 11 is 0. The van der Waals surface area contributed by atoms with Gasteiger partial charge < -0.3 is 9.66 Å². The van der Waals surface area contributed by atoms with Crippen molar-refractivity contribution in [3.05, 3.63) is 0 Å². The zero-order chi connectivity index (χ0) is 6.57. The van der Waals surface area contributed by atoms with E-state index in [0.717, 1.165) is 0 Å². The number of hydrogen-bond donors (Lipinski definition) is 1. The SMILES string of the molecule is CCC(=O)O[SH](=O)=O.O.[Ni]. The summed E-state index contributed by atoms with van der Waals surface area (Å²) in [5, 5.41) is 0. The van der Waals surface area contributed by atoms with Crippen molar-refractivity contribution in [2.24, 2.45) is 0 Å². The molecule has 0 aromatic carbocycles. The number of hydrogen-bond acceptors (Lipinski definition) is 4. The van der Waals surface area contributed by atoms with Gasteiger partial charge in [-0.3, -0.25) is 4.79 Å². The summed E-state index contributed by atoms with van der Waals surface area (Å²) in [7, 11) is -3.00. The molecule has 0 aromatic rings. The smallest absolute Gasteiger partial charge is 0.321 e. The summed E-state index contributed by atoms with van der Waals surface area (Å²) in [4.78, 5) is 10.0. The number of carbonyl (C=O) groups is 1. The van der Waals surface area contributed by atoms with Gasteiger partial charge in [0, 0.05) is 22.9 Å². The molecule has 0 spiro atoms. The van der Waals surface area contributed by atoms with Crippen molar-refractivity contribution >= 4 is 17.0 Å². The summed E-state index contributed by atoms with van der Waals surface area (Å²) in [5.74, 6) is -0.721. The van der Waals surface area contributed by atoms with E-state index in [-0.39, 0.29) is 28.4 Å². The molecule has 0 unspecified atom stereocenters. The predicted molar refractivity (Wildman–Crippen MR) is 30.3 cm³/mol. The monoisotopic (exact) mass is 214 g/mol. The molecule has 0 fully saturated rings. The van der Waals surface area contributed by atoms with Crippen molar-refractivity contribution in [2.45, 2.75) is 13.3 Å². The van der Waals surface area contributed by atoms with Gasteiger partial charge in [0.2, 0.25) is 0 Å². The van der Waals surface area contributed by atoms with E-state index in [1.807, 2.05) is 0 Å². The van der Waals surface area contributed by atoms with E-state index < -0.39 is 17.0 Å². The van der Waals surface area contributed by atoms with Crippen molar-refractivity contribution in [1.82, 2.24) is 0 Å². The van der Waals surface area contributed by atoms with E-state index in [4.69, 9.17) is 0 Å². The number of rotatable bonds is 2. The minimum Gasteiger partial charge on any atom is -0.412 e. The van der Waals surface area contributed by atoms with Gasteiger partial charge in [0.05, 0.1) is 0 Å². The zero-order valence-corrected chi connectivity index (χ0v) is 6.99. The van der Waals surface area contributed by atoms with Crippen LogP contribution in [0.4, 0.5) is 0 Å². The molecule has 2 N–H and O–H groups in total. The van der Waals surface area contributed by atoms with Gasteiger partial charge in [0.15, 0.2) is 0 Å². The average molecular weight is 215 g/mol. The Morgan fingerprint density at radius 1 is 1.50 bits per heavy atom. The standard InChI is InChI=1S/C3H6O4S.Ni.H2O/c1-2-3(4)7-8(5)6;;/h8H,2H2,1H3;;1H2. The van der Waals surface area contributed by atoms with Crippen LogP contribution in [-0.2, 0) is 36.5 Å². The van der Waals surface area contributed by atoms with Crippen molar-refractivity contribution in [2.75, 3.05) is 0 Å². The first kappa shape index (κ1) is 16.5. The third-order valence-electron chi connectivity index (χ3n) is 0.465. The van der Waals surface area contributed by atoms with E-state index in [1.54, 1.807) is 0 Å². The minimum atomic E-state index is -3.00. The Morgan fingerprint density at radius 3 is 2.00 bits per heavy atom. The van der Waals surface area contributed by atoms with Crippen LogP contribution >= 0.6 is 0 Å². The summed E-state index contributed by atoms with van der Waals surface area (Å²) in [6.45, 7) is 1.52. The van der Waals surface area contributed by atoms with E-state index in [0.29, 0.717) is 0 Å². The Bertz CT molecular complexity index is 145. The molecular formula is C3H8NiO5S. The second-order valence-electron chi connectivity index (χ2n) is 1.04. The summed E-state index contributed by atoms with van der Waals surface area (Å²) in [5.41, 5.74) is 0. The Kier molecular flexibility index (Phi) is 14.6. The maximum absolute atomic E-state index is 10.0. The molecule has 10 heavy (non-hydrogen) atoms. The fourth-order valence-corrected chi connectivity index (χ4v) is 0.443. The third kappa shape index (κ3) is 10.8. The molecule has 0 heterocycles. The van der Waals surface area contributed by atoms with Crippen LogP contribution in [0.3, 0.4) is 0 Å². The molecule has 0 radical (unpaired) electrons. The average Bonchev–Trinajstić information content (AvgIpc) is 1.65. The molecule has 7 heteroatoms. The quantitative estimate of drug-likeness (QED) is 0.454. The number of carbonyl (C=O) groups excluding carboxylic acids is 1. The molecule has 66 valence electrons. The normalized spacial score (nSPS) is 7.40. The van der Waals surface area contributed by atoms with Gasteiger partial charge >= 0.3 is 17.0 Å². The van der Waals surface area contributed by atoms with Crippen LogP contribution in [0, 0.1) is 0 Å². The molecule has 0 aliphatic heterocycles. The molecule has 0 aliphatic carbocycles. The van der Waals surface area contributed by atoms with Crippen molar-refractivity contribution < 1.29 is 39.4 Å². The van der Waals surface area contributed by atoms with E-state index >= 15 is 0 Å². The van der Waals surface area contributed by atoms with Crippen LogP contribution in [0.1, 0.15) is 13.3 Å². The first-order valence-corrected chi connectivity index (χ1v) is 3.11. The Morgan fingerprint density at radius 2 is 1.90 bits per heavy atom. The van der Waals surface area contributed by atoms with Gasteiger partial charge in [-0.2, -0.15) is 8.42 Å². The molecule has 5 nitrogen and oxygen atoms in total. The summed E-state index contributed by atoms with van der Waals surface area (Å²) in [6, 6.07) is 0. The molecule has 0 bridgehead atoms. The molecular weight excluding hydrogens is 207 g/mol. The van der Waals surface area contributed by atoms with Gasteiger partial charge in [-0.05, 0) is 0 Å². The minimum absolute atomic E-state index is 0.